The van der Waals surface area contributed by atoms with E-state index in [0.717, 1.165) is 22.5 Å². The maximum absolute atomic E-state index is 13.0. The van der Waals surface area contributed by atoms with Gasteiger partial charge in [-0.05, 0) is 24.6 Å². The van der Waals surface area contributed by atoms with E-state index < -0.39 is 12.6 Å². The average Bonchev–Trinajstić information content (AvgIpc) is 3.03. The van der Waals surface area contributed by atoms with E-state index in [0.29, 0.717) is 5.56 Å². The number of allylic oxidation sites excluding steroid dienone is 1. The lowest BCUT2D eigenvalue weighted by atomic mass is 9.83. The van der Waals surface area contributed by atoms with Gasteiger partial charge in [-0.1, -0.05) is 80.1 Å². The van der Waals surface area contributed by atoms with Crippen molar-refractivity contribution in [2.45, 2.75) is 26.2 Å². The number of para-hydroxylation sites is 1. The largest absolute Gasteiger partial charge is 0.454 e. The molecule has 0 spiro atoms. The highest BCUT2D eigenvalue weighted by Crippen LogP contribution is 2.46. The first-order valence-electron chi connectivity index (χ1n) is 11.2. The predicted octanol–water partition coefficient (Wildman–Crippen LogP) is 5.26. The van der Waals surface area contributed by atoms with Crippen LogP contribution in [-0.2, 0) is 14.9 Å². The van der Waals surface area contributed by atoms with Gasteiger partial charge in [0.15, 0.2) is 18.2 Å². The molecule has 0 bridgehead atoms. The topological polar surface area (TPSA) is 63.7 Å². The van der Waals surface area contributed by atoms with Crippen molar-refractivity contribution >= 4 is 23.2 Å². The minimum absolute atomic E-state index is 0.138. The normalized spacial score (nSPS) is 15.2. The van der Waals surface area contributed by atoms with Gasteiger partial charge in [0.2, 0.25) is 0 Å². The lowest BCUT2D eigenvalue weighted by Crippen LogP contribution is -2.25. The number of carbonyl (C=O) groups excluding carboxylic acids is 3. The van der Waals surface area contributed by atoms with E-state index in [1.807, 2.05) is 49.2 Å². The number of fused-ring (bicyclic) bond motifs is 1. The number of ketones is 2. The quantitative estimate of drug-likeness (QED) is 0.289. The summed E-state index contributed by atoms with van der Waals surface area (Å²) in [6.45, 7) is 5.66. The van der Waals surface area contributed by atoms with Crippen LogP contribution < -0.4 is 4.90 Å². The van der Waals surface area contributed by atoms with Gasteiger partial charge in [-0.2, -0.15) is 0 Å². The van der Waals surface area contributed by atoms with E-state index in [1.165, 1.54) is 12.1 Å². The van der Waals surface area contributed by atoms with Crippen LogP contribution in [0.3, 0.4) is 0 Å². The van der Waals surface area contributed by atoms with Crippen molar-refractivity contribution < 1.29 is 19.1 Å². The van der Waals surface area contributed by atoms with E-state index in [9.17, 15) is 14.4 Å². The van der Waals surface area contributed by atoms with Gasteiger partial charge in [-0.3, -0.25) is 9.59 Å². The maximum Gasteiger partial charge on any atom is 0.339 e. The number of aryl methyl sites for hydroxylation is 1. The van der Waals surface area contributed by atoms with Crippen LogP contribution in [-0.4, -0.2) is 31.2 Å². The lowest BCUT2D eigenvalue weighted by molar-refractivity contribution is -0.117. The molecule has 0 aliphatic carbocycles. The smallest absolute Gasteiger partial charge is 0.339 e. The number of likely N-dealkylation sites (N-methyl/N-ethyl adjacent to an activating group) is 1. The van der Waals surface area contributed by atoms with Gasteiger partial charge in [0.1, 0.15) is 0 Å². The van der Waals surface area contributed by atoms with E-state index in [2.05, 4.69) is 19.9 Å². The molecule has 0 N–H and O–H groups in total. The fraction of sp³-hybridized carbons (Fsp3) is 0.207. The van der Waals surface area contributed by atoms with Crippen molar-refractivity contribution in [2.24, 2.45) is 0 Å². The molecule has 34 heavy (non-hydrogen) atoms. The number of esters is 1. The molecule has 5 heteroatoms. The molecule has 0 atom stereocenters. The summed E-state index contributed by atoms with van der Waals surface area (Å²) in [5.41, 5.74) is 4.58. The molecule has 1 aliphatic heterocycles. The molecule has 1 heterocycles. The van der Waals surface area contributed by atoms with Crippen LogP contribution >= 0.6 is 0 Å². The van der Waals surface area contributed by atoms with Gasteiger partial charge in [0.05, 0.1) is 5.56 Å². The number of anilines is 1. The van der Waals surface area contributed by atoms with Crippen molar-refractivity contribution in [1.29, 1.82) is 0 Å². The molecule has 0 radical (unpaired) electrons. The molecule has 0 amide bonds. The van der Waals surface area contributed by atoms with Crippen LogP contribution in [0.25, 0.3) is 0 Å². The van der Waals surface area contributed by atoms with Crippen molar-refractivity contribution in [3.63, 3.8) is 0 Å². The fourth-order valence-electron chi connectivity index (χ4n) is 4.39. The zero-order chi connectivity index (χ0) is 24.5. The third-order valence-corrected chi connectivity index (χ3v) is 6.29. The average molecular weight is 454 g/mol. The third-order valence-electron chi connectivity index (χ3n) is 6.29. The monoisotopic (exact) mass is 453 g/mol. The Bertz CT molecular complexity index is 1300. The molecule has 1 aliphatic rings. The summed E-state index contributed by atoms with van der Waals surface area (Å²) in [4.78, 5) is 40.5. The Morgan fingerprint density at radius 2 is 1.50 bits per heavy atom. The van der Waals surface area contributed by atoms with Crippen LogP contribution in [0.5, 0.6) is 0 Å². The molecule has 0 saturated carbocycles. The number of ether oxygens (including phenoxy) is 1. The Kier molecular flexibility index (Phi) is 6.20. The van der Waals surface area contributed by atoms with Crippen molar-refractivity contribution in [3.8, 4) is 0 Å². The molecule has 3 aromatic rings. The van der Waals surface area contributed by atoms with Crippen LogP contribution in [0.15, 0.2) is 84.6 Å². The zero-order valence-corrected chi connectivity index (χ0v) is 19.8. The Morgan fingerprint density at radius 1 is 0.882 bits per heavy atom. The maximum atomic E-state index is 13.0. The standard InChI is InChI=1S/C29H27NO4/c1-19-13-15-20(16-14-19)27(32)22-9-5-6-10-23(22)28(33)34-18-21(31)17-26-29(2,3)24-11-7-8-12-25(24)30(26)4/h5-17H,18H2,1-4H3. The van der Waals surface area contributed by atoms with Crippen molar-refractivity contribution in [3.05, 3.63) is 112 Å². The van der Waals surface area contributed by atoms with Crippen molar-refractivity contribution in [2.75, 3.05) is 18.6 Å². The highest BCUT2D eigenvalue weighted by molar-refractivity contribution is 6.14. The molecule has 3 aromatic carbocycles. The summed E-state index contributed by atoms with van der Waals surface area (Å²) in [6.07, 6.45) is 1.54. The first kappa shape index (κ1) is 23.2. The number of hydrogen-bond donors (Lipinski definition) is 0. The number of carbonyl (C=O) groups is 3. The third kappa shape index (κ3) is 4.29. The first-order valence-corrected chi connectivity index (χ1v) is 11.2. The van der Waals surface area contributed by atoms with E-state index in [-0.39, 0.29) is 28.1 Å². The molecule has 0 saturated heterocycles. The van der Waals surface area contributed by atoms with Crippen LogP contribution in [0.4, 0.5) is 5.69 Å². The summed E-state index contributed by atoms with van der Waals surface area (Å²) < 4.78 is 5.32. The Balaban J connectivity index is 1.49. The minimum Gasteiger partial charge on any atom is -0.454 e. The summed E-state index contributed by atoms with van der Waals surface area (Å²) in [7, 11) is 1.92. The number of benzene rings is 3. The molecular weight excluding hydrogens is 426 g/mol. The molecule has 0 aromatic heterocycles. The van der Waals surface area contributed by atoms with Crippen LogP contribution in [0, 0.1) is 6.92 Å². The van der Waals surface area contributed by atoms with Gasteiger partial charge >= 0.3 is 5.97 Å². The molecule has 5 nitrogen and oxygen atoms in total. The second kappa shape index (κ2) is 9.10. The highest BCUT2D eigenvalue weighted by atomic mass is 16.5. The Hall–Kier alpha value is -3.99. The van der Waals surface area contributed by atoms with E-state index in [4.69, 9.17) is 4.74 Å². The van der Waals surface area contributed by atoms with Gasteiger partial charge < -0.3 is 9.64 Å². The number of nitrogens with zero attached hydrogens (tertiary/aromatic N) is 1. The zero-order valence-electron chi connectivity index (χ0n) is 19.8. The number of rotatable bonds is 6. The Morgan fingerprint density at radius 3 is 2.18 bits per heavy atom. The van der Waals surface area contributed by atoms with Crippen molar-refractivity contribution in [1.82, 2.24) is 0 Å². The Labute approximate surface area is 199 Å². The van der Waals surface area contributed by atoms with Gasteiger partial charge in [-0.25, -0.2) is 4.79 Å². The van der Waals surface area contributed by atoms with E-state index >= 15 is 0 Å². The molecule has 0 unspecified atom stereocenters. The van der Waals surface area contributed by atoms with Gasteiger partial charge in [-0.15, -0.1) is 0 Å². The second-order valence-corrected chi connectivity index (χ2v) is 9.01. The lowest BCUT2D eigenvalue weighted by Gasteiger charge is -2.23. The summed E-state index contributed by atoms with van der Waals surface area (Å²) in [5, 5.41) is 0. The first-order chi connectivity index (χ1) is 16.2. The van der Waals surface area contributed by atoms with Crippen LogP contribution in [0.2, 0.25) is 0 Å². The molecule has 0 fully saturated rings. The van der Waals surface area contributed by atoms with Crippen LogP contribution in [0.1, 0.15) is 51.3 Å². The molecule has 4 rings (SSSR count). The summed E-state index contributed by atoms with van der Waals surface area (Å²) in [5.74, 6) is -1.29. The molecule has 172 valence electrons. The predicted molar refractivity (Wildman–Crippen MR) is 132 cm³/mol. The summed E-state index contributed by atoms with van der Waals surface area (Å²) >= 11 is 0. The SMILES string of the molecule is Cc1ccc(C(=O)c2ccccc2C(=O)OCC(=O)C=C2N(C)c3ccccc3C2(C)C)cc1. The molecular formula is C29H27NO4. The second-order valence-electron chi connectivity index (χ2n) is 9.01. The van der Waals surface area contributed by atoms with E-state index in [1.54, 1.807) is 30.3 Å². The van der Waals surface area contributed by atoms with Gasteiger partial charge in [0.25, 0.3) is 0 Å². The minimum atomic E-state index is -0.704. The fourth-order valence-corrected chi connectivity index (χ4v) is 4.39. The highest BCUT2D eigenvalue weighted by Gasteiger charge is 2.38. The number of hydrogen-bond acceptors (Lipinski definition) is 5. The summed E-state index contributed by atoms with van der Waals surface area (Å²) in [6, 6.07) is 21.7. The van der Waals surface area contributed by atoms with Gasteiger partial charge in [0, 0.05) is 41.1 Å².